The molecule has 0 amide bonds. The number of hydrogen-bond donors (Lipinski definition) is 2. The Hall–Kier alpha value is -2.69. The Kier molecular flexibility index (Phi) is 4.46. The molecule has 5 nitrogen and oxygen atoms in total. The Labute approximate surface area is 148 Å². The molecule has 1 aliphatic carbocycles. The van der Waals surface area contributed by atoms with Crippen LogP contribution in [0, 0.1) is 0 Å². The lowest BCUT2D eigenvalue weighted by Gasteiger charge is -2.27. The van der Waals surface area contributed by atoms with Gasteiger partial charge in [-0.25, -0.2) is 0 Å². The average molecular weight is 337 g/mol. The van der Waals surface area contributed by atoms with Gasteiger partial charge in [0.15, 0.2) is 17.5 Å². The third-order valence-electron chi connectivity index (χ3n) is 4.63. The highest BCUT2D eigenvalue weighted by Crippen LogP contribution is 2.40. The van der Waals surface area contributed by atoms with Crippen molar-refractivity contribution < 1.29 is 9.47 Å². The first kappa shape index (κ1) is 15.8. The van der Waals surface area contributed by atoms with Crippen molar-refractivity contribution >= 4 is 5.96 Å². The summed E-state index contributed by atoms with van der Waals surface area (Å²) in [4.78, 5) is 4.32. The molecule has 1 aliphatic heterocycles. The number of para-hydroxylation sites is 2. The molecule has 3 unspecified atom stereocenters. The van der Waals surface area contributed by atoms with E-state index in [2.05, 4.69) is 46.0 Å². The lowest BCUT2D eigenvalue weighted by molar-refractivity contribution is 0.0936. The molecule has 4 rings (SSSR count). The third kappa shape index (κ3) is 3.71. The highest BCUT2D eigenvalue weighted by atomic mass is 16.6. The van der Waals surface area contributed by atoms with Crippen LogP contribution < -0.4 is 20.1 Å². The molecule has 1 saturated carbocycles. The number of nitrogens with one attached hydrogen (secondary N) is 2. The van der Waals surface area contributed by atoms with Gasteiger partial charge in [-0.05, 0) is 24.1 Å². The summed E-state index contributed by atoms with van der Waals surface area (Å²) < 4.78 is 11.7. The summed E-state index contributed by atoms with van der Waals surface area (Å²) in [5.74, 6) is 2.99. The molecular weight excluding hydrogens is 314 g/mol. The molecule has 0 aromatic heterocycles. The van der Waals surface area contributed by atoms with Crippen molar-refractivity contribution in [3.05, 3.63) is 60.2 Å². The Bertz CT molecular complexity index is 748. The van der Waals surface area contributed by atoms with E-state index in [0.29, 0.717) is 25.1 Å². The number of nitrogens with zero attached hydrogens (tertiary/aromatic N) is 1. The molecule has 0 bridgehead atoms. The predicted molar refractivity (Wildman–Crippen MR) is 98.4 cm³/mol. The van der Waals surface area contributed by atoms with Gasteiger partial charge in [0.25, 0.3) is 0 Å². The van der Waals surface area contributed by atoms with E-state index in [-0.39, 0.29) is 6.10 Å². The fourth-order valence-electron chi connectivity index (χ4n) is 3.17. The zero-order chi connectivity index (χ0) is 17.1. The van der Waals surface area contributed by atoms with Crippen LogP contribution in [0.4, 0.5) is 0 Å². The second kappa shape index (κ2) is 7.05. The molecule has 2 aromatic carbocycles. The van der Waals surface area contributed by atoms with Crippen molar-refractivity contribution in [1.29, 1.82) is 0 Å². The van der Waals surface area contributed by atoms with Crippen LogP contribution in [0.25, 0.3) is 0 Å². The van der Waals surface area contributed by atoms with Crippen LogP contribution in [0.1, 0.15) is 17.9 Å². The normalized spacial score (nSPS) is 24.5. The van der Waals surface area contributed by atoms with Crippen molar-refractivity contribution in [2.24, 2.45) is 4.99 Å². The van der Waals surface area contributed by atoms with Gasteiger partial charge in [0.05, 0.1) is 6.54 Å². The van der Waals surface area contributed by atoms with Gasteiger partial charge >= 0.3 is 0 Å². The molecule has 5 heteroatoms. The lowest BCUT2D eigenvalue weighted by Crippen LogP contribution is -2.46. The van der Waals surface area contributed by atoms with E-state index in [4.69, 9.17) is 9.47 Å². The first-order valence-corrected chi connectivity index (χ1v) is 8.74. The number of ether oxygens (including phenoxy) is 2. The number of benzene rings is 2. The summed E-state index contributed by atoms with van der Waals surface area (Å²) in [6.45, 7) is 1.19. The minimum Gasteiger partial charge on any atom is -0.486 e. The van der Waals surface area contributed by atoms with Crippen LogP contribution >= 0.6 is 0 Å². The Morgan fingerprint density at radius 3 is 2.64 bits per heavy atom. The molecule has 2 aliphatic rings. The second-order valence-electron chi connectivity index (χ2n) is 6.45. The minimum atomic E-state index is -0.0300. The highest BCUT2D eigenvalue weighted by molar-refractivity contribution is 5.80. The van der Waals surface area contributed by atoms with E-state index in [1.54, 1.807) is 7.05 Å². The summed E-state index contributed by atoms with van der Waals surface area (Å²) in [5.41, 5.74) is 1.39. The van der Waals surface area contributed by atoms with Crippen LogP contribution in [0.2, 0.25) is 0 Å². The first-order chi connectivity index (χ1) is 12.3. The topological polar surface area (TPSA) is 54.9 Å². The molecule has 1 fully saturated rings. The molecule has 2 N–H and O–H groups in total. The van der Waals surface area contributed by atoms with Crippen molar-refractivity contribution in [3.63, 3.8) is 0 Å². The number of fused-ring (bicyclic) bond motifs is 1. The van der Waals surface area contributed by atoms with Crippen LogP contribution in [-0.2, 0) is 0 Å². The third-order valence-corrected chi connectivity index (χ3v) is 4.63. The number of guanidine groups is 1. The average Bonchev–Trinajstić information content (AvgIpc) is 3.45. The quantitative estimate of drug-likeness (QED) is 0.665. The van der Waals surface area contributed by atoms with Crippen LogP contribution in [0.3, 0.4) is 0 Å². The van der Waals surface area contributed by atoms with Gasteiger partial charge in [0.1, 0.15) is 12.7 Å². The maximum Gasteiger partial charge on any atom is 0.191 e. The van der Waals surface area contributed by atoms with Crippen LogP contribution in [-0.4, -0.2) is 38.3 Å². The lowest BCUT2D eigenvalue weighted by atomic mass is 10.1. The van der Waals surface area contributed by atoms with Gasteiger partial charge in [0, 0.05) is 19.0 Å². The largest absolute Gasteiger partial charge is 0.486 e. The van der Waals surface area contributed by atoms with Crippen molar-refractivity contribution in [2.75, 3.05) is 20.2 Å². The van der Waals surface area contributed by atoms with Crippen LogP contribution in [0.15, 0.2) is 59.6 Å². The van der Waals surface area contributed by atoms with Crippen LogP contribution in [0.5, 0.6) is 11.5 Å². The van der Waals surface area contributed by atoms with E-state index in [0.717, 1.165) is 23.9 Å². The van der Waals surface area contributed by atoms with Gasteiger partial charge in [-0.2, -0.15) is 0 Å². The Morgan fingerprint density at radius 2 is 1.84 bits per heavy atom. The molecule has 1 heterocycles. The number of rotatable bonds is 4. The zero-order valence-electron chi connectivity index (χ0n) is 14.3. The molecule has 130 valence electrons. The van der Waals surface area contributed by atoms with E-state index in [1.165, 1.54) is 5.56 Å². The monoisotopic (exact) mass is 337 g/mol. The fraction of sp³-hybridized carbons (Fsp3) is 0.350. The SMILES string of the molecule is CN=C(NCC1COc2ccccc2O1)NC1CC1c1ccccc1. The molecule has 0 saturated heterocycles. The summed E-state index contributed by atoms with van der Waals surface area (Å²) in [5, 5.41) is 6.84. The van der Waals surface area contributed by atoms with E-state index < -0.39 is 0 Å². The number of hydrogen-bond acceptors (Lipinski definition) is 3. The van der Waals surface area contributed by atoms with E-state index >= 15 is 0 Å². The molecule has 0 radical (unpaired) electrons. The van der Waals surface area contributed by atoms with Gasteiger partial charge in [-0.15, -0.1) is 0 Å². The van der Waals surface area contributed by atoms with Gasteiger partial charge < -0.3 is 20.1 Å². The second-order valence-corrected chi connectivity index (χ2v) is 6.45. The minimum absolute atomic E-state index is 0.0300. The maximum atomic E-state index is 5.97. The van der Waals surface area contributed by atoms with Gasteiger partial charge in [-0.1, -0.05) is 42.5 Å². The maximum absolute atomic E-state index is 5.97. The first-order valence-electron chi connectivity index (χ1n) is 8.74. The summed E-state index contributed by atoms with van der Waals surface area (Å²) in [6, 6.07) is 18.8. The Balaban J connectivity index is 1.27. The summed E-state index contributed by atoms with van der Waals surface area (Å²) >= 11 is 0. The number of aliphatic imine (C=N–C) groups is 1. The van der Waals surface area contributed by atoms with Gasteiger partial charge in [0.2, 0.25) is 0 Å². The Morgan fingerprint density at radius 1 is 1.08 bits per heavy atom. The summed E-state index contributed by atoms with van der Waals surface area (Å²) in [7, 11) is 1.79. The zero-order valence-corrected chi connectivity index (χ0v) is 14.3. The summed E-state index contributed by atoms with van der Waals surface area (Å²) in [6.07, 6.45) is 1.11. The van der Waals surface area contributed by atoms with Crippen molar-refractivity contribution in [3.8, 4) is 11.5 Å². The molecular formula is C20H23N3O2. The van der Waals surface area contributed by atoms with Crippen molar-refractivity contribution in [1.82, 2.24) is 10.6 Å². The molecule has 0 spiro atoms. The fourth-order valence-corrected chi connectivity index (χ4v) is 3.17. The smallest absolute Gasteiger partial charge is 0.191 e. The molecule has 3 atom stereocenters. The highest BCUT2D eigenvalue weighted by Gasteiger charge is 2.38. The molecule has 25 heavy (non-hydrogen) atoms. The standard InChI is InChI=1S/C20H23N3O2/c1-21-20(23-17-11-16(17)14-7-3-2-4-8-14)22-12-15-13-24-18-9-5-6-10-19(18)25-15/h2-10,15-17H,11-13H2,1H3,(H2,21,22,23). The molecule has 2 aromatic rings. The van der Waals surface area contributed by atoms with E-state index in [9.17, 15) is 0 Å². The predicted octanol–water partition coefficient (Wildman–Crippen LogP) is 2.55. The van der Waals surface area contributed by atoms with Crippen molar-refractivity contribution in [2.45, 2.75) is 24.5 Å². The van der Waals surface area contributed by atoms with E-state index in [1.807, 2.05) is 24.3 Å². The van der Waals surface area contributed by atoms with Gasteiger partial charge in [-0.3, -0.25) is 4.99 Å².